The molecule has 0 aliphatic heterocycles. The second-order valence-electron chi connectivity index (χ2n) is 6.29. The first-order valence-corrected chi connectivity index (χ1v) is 8.86. The molecule has 0 aromatic heterocycles. The lowest BCUT2D eigenvalue weighted by Crippen LogP contribution is -2.26. The van der Waals surface area contributed by atoms with Gasteiger partial charge in [-0.3, -0.25) is 14.9 Å². The van der Waals surface area contributed by atoms with Gasteiger partial charge in [0, 0.05) is 17.3 Å². The average Bonchev–Trinajstić information content (AvgIpc) is 2.75. The molecule has 1 amide bonds. The van der Waals surface area contributed by atoms with E-state index in [9.17, 15) is 14.9 Å². The summed E-state index contributed by atoms with van der Waals surface area (Å²) < 4.78 is 4.98. The lowest BCUT2D eigenvalue weighted by Gasteiger charge is -2.08. The van der Waals surface area contributed by atoms with Crippen LogP contribution in [0.3, 0.4) is 0 Å². The molecule has 3 aromatic carbocycles. The molecule has 3 aromatic rings. The van der Waals surface area contributed by atoms with Crippen molar-refractivity contribution in [2.45, 2.75) is 6.92 Å². The van der Waals surface area contributed by atoms with Gasteiger partial charge in [-0.25, -0.2) is 5.43 Å². The zero-order valence-electron chi connectivity index (χ0n) is 16.0. The lowest BCUT2D eigenvalue weighted by atomic mass is 10.1. The minimum atomic E-state index is -0.526. The standard InChI is InChI=1S/C21H20N4O4/c1-14(16-8-10-20(29-2)19(12-16)25(27)28)23-24-21(26)13-22-18-9-7-15-5-3-4-6-17(15)11-18/h3-12,22H,13H2,1-2H3,(H,24,26)/b23-14-. The smallest absolute Gasteiger partial charge is 0.311 e. The summed E-state index contributed by atoms with van der Waals surface area (Å²) in [7, 11) is 1.37. The van der Waals surface area contributed by atoms with Gasteiger partial charge in [0.25, 0.3) is 5.91 Å². The van der Waals surface area contributed by atoms with E-state index in [1.54, 1.807) is 13.0 Å². The van der Waals surface area contributed by atoms with E-state index in [0.29, 0.717) is 11.3 Å². The number of hydrazone groups is 1. The third kappa shape index (κ3) is 4.86. The second kappa shape index (κ2) is 8.83. The number of nitrogens with zero attached hydrogens (tertiary/aromatic N) is 2. The zero-order chi connectivity index (χ0) is 20.8. The summed E-state index contributed by atoms with van der Waals surface area (Å²) in [5.74, 6) is -0.171. The number of ether oxygens (including phenoxy) is 1. The molecule has 0 heterocycles. The fourth-order valence-corrected chi connectivity index (χ4v) is 2.79. The molecule has 0 radical (unpaired) electrons. The molecule has 0 aliphatic carbocycles. The van der Waals surface area contributed by atoms with Crippen molar-refractivity contribution in [3.05, 3.63) is 76.3 Å². The maximum atomic E-state index is 12.1. The van der Waals surface area contributed by atoms with Crippen LogP contribution in [0.5, 0.6) is 5.75 Å². The Balaban J connectivity index is 1.62. The van der Waals surface area contributed by atoms with Crippen LogP contribution < -0.4 is 15.5 Å². The molecule has 0 spiro atoms. The van der Waals surface area contributed by atoms with E-state index < -0.39 is 4.92 Å². The van der Waals surface area contributed by atoms with Crippen LogP contribution in [0.4, 0.5) is 11.4 Å². The summed E-state index contributed by atoms with van der Waals surface area (Å²) >= 11 is 0. The molecule has 2 N–H and O–H groups in total. The van der Waals surface area contributed by atoms with Crippen molar-refractivity contribution in [3.63, 3.8) is 0 Å². The number of anilines is 1. The zero-order valence-corrected chi connectivity index (χ0v) is 16.0. The molecule has 29 heavy (non-hydrogen) atoms. The molecular formula is C21H20N4O4. The highest BCUT2D eigenvalue weighted by Gasteiger charge is 2.16. The van der Waals surface area contributed by atoms with E-state index in [1.165, 1.54) is 19.2 Å². The van der Waals surface area contributed by atoms with Gasteiger partial charge in [-0.15, -0.1) is 0 Å². The number of nitro groups is 1. The topological polar surface area (TPSA) is 106 Å². The van der Waals surface area contributed by atoms with Crippen molar-refractivity contribution in [1.29, 1.82) is 0 Å². The van der Waals surface area contributed by atoms with Gasteiger partial charge in [-0.2, -0.15) is 5.10 Å². The Morgan fingerprint density at radius 3 is 2.59 bits per heavy atom. The SMILES string of the molecule is COc1ccc(/C(C)=N\NC(=O)CNc2ccc3ccccc3c2)cc1[N+](=O)[O-]. The number of nitro benzene ring substituents is 1. The number of methoxy groups -OCH3 is 1. The summed E-state index contributed by atoms with van der Waals surface area (Å²) in [5, 5.41) is 20.4. The summed E-state index contributed by atoms with van der Waals surface area (Å²) in [5.41, 5.74) is 4.07. The lowest BCUT2D eigenvalue weighted by molar-refractivity contribution is -0.385. The normalized spacial score (nSPS) is 11.2. The van der Waals surface area contributed by atoms with Crippen LogP contribution in [0.25, 0.3) is 10.8 Å². The number of rotatable bonds is 7. The number of hydrogen-bond acceptors (Lipinski definition) is 6. The van der Waals surface area contributed by atoms with Crippen LogP contribution in [0, 0.1) is 10.1 Å². The Morgan fingerprint density at radius 2 is 1.86 bits per heavy atom. The number of nitrogens with one attached hydrogen (secondary N) is 2. The van der Waals surface area contributed by atoms with Crippen LogP contribution in [-0.2, 0) is 4.79 Å². The molecule has 0 saturated carbocycles. The third-order valence-corrected chi connectivity index (χ3v) is 4.34. The van der Waals surface area contributed by atoms with Crippen molar-refractivity contribution in [2.24, 2.45) is 5.10 Å². The molecule has 8 heteroatoms. The number of carbonyl (C=O) groups is 1. The maximum absolute atomic E-state index is 12.1. The summed E-state index contributed by atoms with van der Waals surface area (Å²) in [6.45, 7) is 1.69. The van der Waals surface area contributed by atoms with Gasteiger partial charge in [-0.05, 0) is 42.0 Å². The van der Waals surface area contributed by atoms with Crippen LogP contribution >= 0.6 is 0 Å². The van der Waals surface area contributed by atoms with Crippen molar-refractivity contribution >= 4 is 33.8 Å². The van der Waals surface area contributed by atoms with E-state index >= 15 is 0 Å². The van der Waals surface area contributed by atoms with E-state index in [-0.39, 0.29) is 23.9 Å². The Kier molecular flexibility index (Phi) is 6.03. The Hall–Kier alpha value is -3.94. The number of hydrogen-bond donors (Lipinski definition) is 2. The molecule has 0 bridgehead atoms. The molecule has 0 fully saturated rings. The van der Waals surface area contributed by atoms with E-state index in [0.717, 1.165) is 16.5 Å². The first-order valence-electron chi connectivity index (χ1n) is 8.86. The highest BCUT2D eigenvalue weighted by atomic mass is 16.6. The fraction of sp³-hybridized carbons (Fsp3) is 0.143. The predicted molar refractivity (Wildman–Crippen MR) is 112 cm³/mol. The van der Waals surface area contributed by atoms with Gasteiger partial charge in [0.15, 0.2) is 5.75 Å². The summed E-state index contributed by atoms with van der Waals surface area (Å²) in [6.07, 6.45) is 0. The van der Waals surface area contributed by atoms with Gasteiger partial charge >= 0.3 is 5.69 Å². The van der Waals surface area contributed by atoms with Crippen LogP contribution in [0.2, 0.25) is 0 Å². The third-order valence-electron chi connectivity index (χ3n) is 4.34. The summed E-state index contributed by atoms with van der Waals surface area (Å²) in [6, 6.07) is 18.3. The minimum absolute atomic E-state index is 0.0396. The van der Waals surface area contributed by atoms with Gasteiger partial charge in [0.1, 0.15) is 0 Å². The minimum Gasteiger partial charge on any atom is -0.490 e. The Labute approximate surface area is 167 Å². The van der Waals surface area contributed by atoms with Gasteiger partial charge in [-0.1, -0.05) is 30.3 Å². The number of benzene rings is 3. The second-order valence-corrected chi connectivity index (χ2v) is 6.29. The Bertz CT molecular complexity index is 1090. The fourth-order valence-electron chi connectivity index (χ4n) is 2.79. The van der Waals surface area contributed by atoms with Crippen LogP contribution in [0.1, 0.15) is 12.5 Å². The largest absolute Gasteiger partial charge is 0.490 e. The number of carbonyl (C=O) groups excluding carboxylic acids is 1. The van der Waals surface area contributed by atoms with Gasteiger partial charge in [0.2, 0.25) is 0 Å². The number of fused-ring (bicyclic) bond motifs is 1. The quantitative estimate of drug-likeness (QED) is 0.362. The molecule has 0 saturated heterocycles. The molecule has 0 unspecified atom stereocenters. The Morgan fingerprint density at radius 1 is 1.10 bits per heavy atom. The van der Waals surface area contributed by atoms with E-state index in [1.807, 2.05) is 42.5 Å². The van der Waals surface area contributed by atoms with Gasteiger partial charge in [0.05, 0.1) is 24.3 Å². The molecule has 8 nitrogen and oxygen atoms in total. The number of amides is 1. The highest BCUT2D eigenvalue weighted by Crippen LogP contribution is 2.27. The summed E-state index contributed by atoms with van der Waals surface area (Å²) in [4.78, 5) is 22.7. The molecule has 0 atom stereocenters. The van der Waals surface area contributed by atoms with Gasteiger partial charge < -0.3 is 10.1 Å². The van der Waals surface area contributed by atoms with E-state index in [2.05, 4.69) is 15.8 Å². The first kappa shape index (κ1) is 19.8. The monoisotopic (exact) mass is 392 g/mol. The highest BCUT2D eigenvalue weighted by molar-refractivity contribution is 6.00. The predicted octanol–water partition coefficient (Wildman–Crippen LogP) is 3.71. The van der Waals surface area contributed by atoms with E-state index in [4.69, 9.17) is 4.74 Å². The maximum Gasteiger partial charge on any atom is 0.311 e. The molecule has 148 valence electrons. The van der Waals surface area contributed by atoms with Crippen molar-refractivity contribution in [3.8, 4) is 5.75 Å². The first-order chi connectivity index (χ1) is 14.0. The van der Waals surface area contributed by atoms with Crippen molar-refractivity contribution < 1.29 is 14.5 Å². The average molecular weight is 392 g/mol. The van der Waals surface area contributed by atoms with Crippen LogP contribution in [-0.4, -0.2) is 30.2 Å². The van der Waals surface area contributed by atoms with Crippen molar-refractivity contribution in [1.82, 2.24) is 5.43 Å². The molecular weight excluding hydrogens is 372 g/mol. The molecule has 0 aliphatic rings. The van der Waals surface area contributed by atoms with Crippen molar-refractivity contribution in [2.75, 3.05) is 19.0 Å². The molecule has 3 rings (SSSR count). The van der Waals surface area contributed by atoms with Crippen LogP contribution in [0.15, 0.2) is 65.8 Å².